The number of phosphoric acid groups is 1. The number of para-hydroxylation sites is 2. The number of aryl methyl sites for hydroxylation is 3. The lowest BCUT2D eigenvalue weighted by Gasteiger charge is -2.35. The third-order valence-electron chi connectivity index (χ3n) is 5.08. The number of hydrogen-bond acceptors (Lipinski definition) is 4. The molecule has 2 atom stereocenters. The molecule has 0 spiro atoms. The average Bonchev–Trinajstić information content (AvgIpc) is 2.60. The summed E-state index contributed by atoms with van der Waals surface area (Å²) in [6.07, 6.45) is 1.55. The van der Waals surface area contributed by atoms with Crippen LogP contribution in [-0.2, 0) is 9.09 Å². The summed E-state index contributed by atoms with van der Waals surface area (Å²) in [7, 11) is -3.78. The van der Waals surface area contributed by atoms with E-state index in [1.54, 1.807) is 0 Å². The maximum absolute atomic E-state index is 13.5. The molecule has 5 heteroatoms. The molecule has 1 aliphatic rings. The molecule has 0 saturated carbocycles. The van der Waals surface area contributed by atoms with Gasteiger partial charge >= 0.3 is 7.82 Å². The Hall–Kier alpha value is -1.77. The Bertz CT molecular complexity index is 822. The fourth-order valence-corrected chi connectivity index (χ4v) is 5.18. The topological polar surface area (TPSA) is 44.8 Å². The number of hydrogen-bond donors (Lipinski definition) is 0. The predicted octanol–water partition coefficient (Wildman–Crippen LogP) is 6.69. The summed E-state index contributed by atoms with van der Waals surface area (Å²) >= 11 is 0. The third-order valence-corrected chi connectivity index (χ3v) is 6.38. The van der Waals surface area contributed by atoms with Crippen LogP contribution in [0.4, 0.5) is 0 Å². The van der Waals surface area contributed by atoms with E-state index in [1.807, 2.05) is 57.2 Å². The van der Waals surface area contributed by atoms with Gasteiger partial charge in [0.1, 0.15) is 17.6 Å². The Morgan fingerprint density at radius 2 is 1.58 bits per heavy atom. The molecule has 1 heterocycles. The molecule has 26 heavy (non-hydrogen) atoms. The van der Waals surface area contributed by atoms with E-state index < -0.39 is 7.82 Å². The second-order valence-electron chi connectivity index (χ2n) is 6.95. The predicted molar refractivity (Wildman–Crippen MR) is 104 cm³/mol. The van der Waals surface area contributed by atoms with E-state index in [9.17, 15) is 4.57 Å². The molecule has 0 fully saturated rings. The molecule has 0 radical (unpaired) electrons. The first-order chi connectivity index (χ1) is 12.4. The van der Waals surface area contributed by atoms with Gasteiger partial charge in [0.25, 0.3) is 0 Å². The zero-order chi connectivity index (χ0) is 18.9. The van der Waals surface area contributed by atoms with Crippen LogP contribution in [0.2, 0.25) is 0 Å². The Morgan fingerprint density at radius 3 is 2.19 bits per heavy atom. The van der Waals surface area contributed by atoms with Gasteiger partial charge in [-0.25, -0.2) is 4.57 Å². The highest BCUT2D eigenvalue weighted by atomic mass is 31.2. The van der Waals surface area contributed by atoms with Crippen LogP contribution in [0.1, 0.15) is 55.0 Å². The standard InChI is InChI=1S/C21H27O4P/c1-6-17(7-2)21-18-13-9-12-16(5)20(18)24-26(22,25-21)23-19-14(3)10-8-11-15(19)4/h8-13,17,21H,6-7H2,1-5H3. The monoisotopic (exact) mass is 374 g/mol. The molecular formula is C21H27O4P. The molecule has 0 saturated heterocycles. The van der Waals surface area contributed by atoms with Gasteiger partial charge in [0, 0.05) is 5.56 Å². The minimum atomic E-state index is -3.78. The van der Waals surface area contributed by atoms with Gasteiger partial charge < -0.3 is 9.05 Å². The van der Waals surface area contributed by atoms with E-state index in [0.717, 1.165) is 35.1 Å². The normalized spacial score (nSPS) is 22.0. The van der Waals surface area contributed by atoms with Crippen molar-refractivity contribution < 1.29 is 18.1 Å². The van der Waals surface area contributed by atoms with Crippen LogP contribution in [0.25, 0.3) is 0 Å². The summed E-state index contributed by atoms with van der Waals surface area (Å²) in [6.45, 7) is 10.1. The fourth-order valence-electron chi connectivity index (χ4n) is 3.51. The molecule has 2 aromatic carbocycles. The van der Waals surface area contributed by atoms with Gasteiger partial charge in [-0.15, -0.1) is 0 Å². The van der Waals surface area contributed by atoms with Crippen molar-refractivity contribution in [3.8, 4) is 11.5 Å². The number of phosphoric ester groups is 1. The lowest BCUT2D eigenvalue weighted by Crippen LogP contribution is -2.23. The zero-order valence-corrected chi connectivity index (χ0v) is 17.0. The lowest BCUT2D eigenvalue weighted by atomic mass is 9.90. The molecule has 4 nitrogen and oxygen atoms in total. The van der Waals surface area contributed by atoms with Crippen LogP contribution in [0.5, 0.6) is 11.5 Å². The first kappa shape index (κ1) is 19.0. The van der Waals surface area contributed by atoms with Crippen molar-refractivity contribution in [3.63, 3.8) is 0 Å². The highest BCUT2D eigenvalue weighted by Gasteiger charge is 2.44. The SMILES string of the molecule is CCC(CC)C1OP(=O)(Oc2c(C)cccc2C)Oc2c(C)cccc21. The van der Waals surface area contributed by atoms with E-state index in [1.165, 1.54) is 0 Å². The Balaban J connectivity index is 2.04. The van der Waals surface area contributed by atoms with Gasteiger partial charge in [0.2, 0.25) is 0 Å². The van der Waals surface area contributed by atoms with Crippen molar-refractivity contribution in [2.24, 2.45) is 5.92 Å². The fraction of sp³-hybridized carbons (Fsp3) is 0.429. The van der Waals surface area contributed by atoms with Gasteiger partial charge in [-0.2, -0.15) is 0 Å². The van der Waals surface area contributed by atoms with Crippen molar-refractivity contribution in [2.75, 3.05) is 0 Å². The summed E-state index contributed by atoms with van der Waals surface area (Å²) in [6, 6.07) is 11.7. The van der Waals surface area contributed by atoms with Crippen molar-refractivity contribution >= 4 is 7.82 Å². The van der Waals surface area contributed by atoms with E-state index in [0.29, 0.717) is 11.5 Å². The molecular weight excluding hydrogens is 347 g/mol. The second kappa shape index (κ2) is 7.46. The van der Waals surface area contributed by atoms with Crippen molar-refractivity contribution in [1.82, 2.24) is 0 Å². The van der Waals surface area contributed by atoms with Crippen LogP contribution in [0.15, 0.2) is 36.4 Å². The lowest BCUT2D eigenvalue weighted by molar-refractivity contribution is 0.0738. The molecule has 3 rings (SSSR count). The molecule has 140 valence electrons. The number of fused-ring (bicyclic) bond motifs is 1. The van der Waals surface area contributed by atoms with E-state index in [2.05, 4.69) is 13.8 Å². The van der Waals surface area contributed by atoms with Gasteiger partial charge in [-0.1, -0.05) is 63.1 Å². The molecule has 2 unspecified atom stereocenters. The minimum absolute atomic E-state index is 0.245. The van der Waals surface area contributed by atoms with E-state index in [-0.39, 0.29) is 12.0 Å². The van der Waals surface area contributed by atoms with Crippen LogP contribution in [0, 0.1) is 26.7 Å². The Kier molecular flexibility index (Phi) is 5.45. The Morgan fingerprint density at radius 1 is 1.00 bits per heavy atom. The van der Waals surface area contributed by atoms with Crippen LogP contribution >= 0.6 is 7.82 Å². The van der Waals surface area contributed by atoms with E-state index >= 15 is 0 Å². The van der Waals surface area contributed by atoms with Crippen molar-refractivity contribution in [1.29, 1.82) is 0 Å². The third kappa shape index (κ3) is 3.54. The van der Waals surface area contributed by atoms with E-state index in [4.69, 9.17) is 13.6 Å². The molecule has 1 aliphatic heterocycles. The number of rotatable bonds is 5. The Labute approximate surface area is 156 Å². The molecule has 0 aliphatic carbocycles. The summed E-state index contributed by atoms with van der Waals surface area (Å²) in [4.78, 5) is 0. The quantitative estimate of drug-likeness (QED) is 0.547. The van der Waals surface area contributed by atoms with Crippen LogP contribution in [0.3, 0.4) is 0 Å². The minimum Gasteiger partial charge on any atom is -0.394 e. The highest BCUT2D eigenvalue weighted by molar-refractivity contribution is 7.49. The average molecular weight is 374 g/mol. The second-order valence-corrected chi connectivity index (χ2v) is 8.42. The van der Waals surface area contributed by atoms with Crippen LogP contribution in [-0.4, -0.2) is 0 Å². The van der Waals surface area contributed by atoms with Gasteiger partial charge in [0.15, 0.2) is 0 Å². The summed E-state index contributed by atoms with van der Waals surface area (Å²) in [5.74, 6) is 1.44. The number of benzene rings is 2. The summed E-state index contributed by atoms with van der Waals surface area (Å²) in [5, 5.41) is 0. The van der Waals surface area contributed by atoms with Gasteiger partial charge in [-0.05, 0) is 43.4 Å². The zero-order valence-electron chi connectivity index (χ0n) is 16.1. The molecule has 0 bridgehead atoms. The summed E-state index contributed by atoms with van der Waals surface area (Å²) < 4.78 is 31.3. The first-order valence-electron chi connectivity index (χ1n) is 9.21. The van der Waals surface area contributed by atoms with Crippen LogP contribution < -0.4 is 9.05 Å². The smallest absolute Gasteiger partial charge is 0.394 e. The first-order valence-corrected chi connectivity index (χ1v) is 10.7. The highest BCUT2D eigenvalue weighted by Crippen LogP contribution is 2.61. The van der Waals surface area contributed by atoms with Crippen molar-refractivity contribution in [2.45, 2.75) is 53.6 Å². The maximum atomic E-state index is 13.5. The molecule has 0 aromatic heterocycles. The maximum Gasteiger partial charge on any atom is 0.588 e. The summed E-state index contributed by atoms with van der Waals surface area (Å²) in [5.41, 5.74) is 3.70. The van der Waals surface area contributed by atoms with Gasteiger partial charge in [-0.3, -0.25) is 4.52 Å². The molecule has 2 aromatic rings. The molecule has 0 amide bonds. The molecule has 0 N–H and O–H groups in total. The van der Waals surface area contributed by atoms with Crippen molar-refractivity contribution in [3.05, 3.63) is 58.7 Å². The largest absolute Gasteiger partial charge is 0.588 e. The van der Waals surface area contributed by atoms with Gasteiger partial charge in [0.05, 0.1) is 0 Å².